The Balaban J connectivity index is 2.64. The number of fused-ring (bicyclic) bond motifs is 1. The van der Waals surface area contributed by atoms with Crippen LogP contribution in [0.4, 0.5) is 4.39 Å². The summed E-state index contributed by atoms with van der Waals surface area (Å²) in [6.45, 7) is 0.472. The van der Waals surface area contributed by atoms with E-state index in [2.05, 4.69) is 0 Å². The summed E-state index contributed by atoms with van der Waals surface area (Å²) in [6, 6.07) is 2.47. The number of carbonyl (C=O) groups excluding carboxylic acids is 1. The quantitative estimate of drug-likeness (QED) is 0.516. The molecule has 64 valence electrons. The smallest absolute Gasteiger partial charge is 0.254 e. The van der Waals surface area contributed by atoms with Crippen LogP contribution in [0.25, 0.3) is 0 Å². The molecule has 0 unspecified atom stereocenters. The normalized spacial score (nSPS) is 14.9. The van der Waals surface area contributed by atoms with Crippen molar-refractivity contribution in [2.24, 2.45) is 0 Å². The second-order valence-electron chi connectivity index (χ2n) is 3.18. The molecule has 1 aromatic carbocycles. The van der Waals surface area contributed by atoms with Gasteiger partial charge < -0.3 is 4.90 Å². The molecule has 0 saturated carbocycles. The standard InChI is InChI=1S/C9H7BFNO/c1-12-4-7-6(9(12)13)2-5(11)3-8(7)10/h2-3H,4H2,1H3. The molecule has 2 rings (SSSR count). The number of amides is 1. The second kappa shape index (κ2) is 2.59. The van der Waals surface area contributed by atoms with Crippen molar-refractivity contribution >= 4 is 19.2 Å². The lowest BCUT2D eigenvalue weighted by Crippen LogP contribution is -2.17. The molecular weight excluding hydrogens is 168 g/mol. The van der Waals surface area contributed by atoms with Crippen molar-refractivity contribution in [3.05, 3.63) is 29.1 Å². The van der Waals surface area contributed by atoms with E-state index in [9.17, 15) is 9.18 Å². The van der Waals surface area contributed by atoms with Gasteiger partial charge in [0.1, 0.15) is 13.7 Å². The van der Waals surface area contributed by atoms with Gasteiger partial charge in [-0.25, -0.2) is 4.39 Å². The molecular formula is C9H7BFNO. The van der Waals surface area contributed by atoms with E-state index in [0.29, 0.717) is 17.6 Å². The highest BCUT2D eigenvalue weighted by Crippen LogP contribution is 2.19. The fraction of sp³-hybridized carbons (Fsp3) is 0.222. The summed E-state index contributed by atoms with van der Waals surface area (Å²) in [7, 11) is 7.24. The highest BCUT2D eigenvalue weighted by Gasteiger charge is 2.25. The summed E-state index contributed by atoms with van der Waals surface area (Å²) in [5.74, 6) is -0.624. The van der Waals surface area contributed by atoms with Crippen LogP contribution in [-0.4, -0.2) is 25.7 Å². The van der Waals surface area contributed by atoms with E-state index in [0.717, 1.165) is 5.56 Å². The number of hydrogen-bond donors (Lipinski definition) is 0. The van der Waals surface area contributed by atoms with Crippen LogP contribution in [0.5, 0.6) is 0 Å². The monoisotopic (exact) mass is 175 g/mol. The van der Waals surface area contributed by atoms with Gasteiger partial charge in [0.2, 0.25) is 0 Å². The minimum atomic E-state index is -0.458. The van der Waals surface area contributed by atoms with Crippen LogP contribution in [0, 0.1) is 5.82 Å². The number of nitrogens with zero attached hydrogens (tertiary/aromatic N) is 1. The van der Waals surface area contributed by atoms with E-state index in [-0.39, 0.29) is 5.91 Å². The van der Waals surface area contributed by atoms with Crippen molar-refractivity contribution in [1.82, 2.24) is 4.90 Å². The highest BCUT2D eigenvalue weighted by molar-refractivity contribution is 6.34. The lowest BCUT2D eigenvalue weighted by Gasteiger charge is -2.05. The zero-order valence-corrected chi connectivity index (χ0v) is 7.17. The van der Waals surface area contributed by atoms with Crippen molar-refractivity contribution in [1.29, 1.82) is 0 Å². The first kappa shape index (κ1) is 8.29. The molecule has 0 spiro atoms. The van der Waals surface area contributed by atoms with Gasteiger partial charge in [0, 0.05) is 19.2 Å². The maximum absolute atomic E-state index is 12.9. The van der Waals surface area contributed by atoms with Gasteiger partial charge >= 0.3 is 0 Å². The molecule has 1 aliphatic heterocycles. The Hall–Kier alpha value is -1.32. The molecule has 0 aliphatic carbocycles. The van der Waals surface area contributed by atoms with Crippen molar-refractivity contribution in [2.75, 3.05) is 7.05 Å². The van der Waals surface area contributed by atoms with E-state index >= 15 is 0 Å². The fourth-order valence-electron chi connectivity index (χ4n) is 1.54. The lowest BCUT2D eigenvalue weighted by atomic mass is 9.88. The van der Waals surface area contributed by atoms with E-state index < -0.39 is 5.82 Å². The Morgan fingerprint density at radius 2 is 2.23 bits per heavy atom. The Labute approximate surface area is 76.8 Å². The highest BCUT2D eigenvalue weighted by atomic mass is 19.1. The van der Waals surface area contributed by atoms with Gasteiger partial charge in [-0.3, -0.25) is 4.79 Å². The molecule has 0 aromatic heterocycles. The van der Waals surface area contributed by atoms with Gasteiger partial charge in [0.05, 0.1) is 0 Å². The van der Waals surface area contributed by atoms with Gasteiger partial charge in [0.25, 0.3) is 5.91 Å². The second-order valence-corrected chi connectivity index (χ2v) is 3.18. The first-order valence-corrected chi connectivity index (χ1v) is 3.93. The van der Waals surface area contributed by atoms with Crippen LogP contribution >= 0.6 is 0 Å². The first-order valence-electron chi connectivity index (χ1n) is 3.93. The van der Waals surface area contributed by atoms with E-state index in [1.54, 1.807) is 7.05 Å². The summed E-state index contributed by atoms with van der Waals surface area (Å²) in [6.07, 6.45) is 0. The molecule has 0 bridgehead atoms. The molecule has 0 atom stereocenters. The molecule has 13 heavy (non-hydrogen) atoms. The topological polar surface area (TPSA) is 20.3 Å². The average Bonchev–Trinajstić information content (AvgIpc) is 2.32. The van der Waals surface area contributed by atoms with Crippen molar-refractivity contribution in [2.45, 2.75) is 6.54 Å². The third-order valence-electron chi connectivity index (χ3n) is 2.22. The van der Waals surface area contributed by atoms with Crippen LogP contribution in [-0.2, 0) is 6.54 Å². The van der Waals surface area contributed by atoms with E-state index in [1.165, 1.54) is 17.0 Å². The van der Waals surface area contributed by atoms with Crippen LogP contribution in [0.3, 0.4) is 0 Å². The summed E-state index contributed by atoms with van der Waals surface area (Å²) in [4.78, 5) is 12.9. The number of benzene rings is 1. The minimum Gasteiger partial charge on any atom is -0.337 e. The third kappa shape index (κ3) is 1.13. The van der Waals surface area contributed by atoms with Crippen molar-refractivity contribution in [3.8, 4) is 0 Å². The van der Waals surface area contributed by atoms with Gasteiger partial charge in [-0.15, -0.1) is 0 Å². The molecule has 0 N–H and O–H groups in total. The lowest BCUT2D eigenvalue weighted by molar-refractivity contribution is 0.0816. The maximum Gasteiger partial charge on any atom is 0.254 e. The summed E-state index contributed by atoms with van der Waals surface area (Å²) in [5, 5.41) is 0. The molecule has 2 radical (unpaired) electrons. The van der Waals surface area contributed by atoms with Crippen LogP contribution in [0.2, 0.25) is 0 Å². The number of carbonyl (C=O) groups is 1. The van der Waals surface area contributed by atoms with Gasteiger partial charge in [-0.1, -0.05) is 5.46 Å². The van der Waals surface area contributed by atoms with Gasteiger partial charge in [-0.2, -0.15) is 0 Å². The van der Waals surface area contributed by atoms with Crippen LogP contribution in [0.15, 0.2) is 12.1 Å². The zero-order chi connectivity index (χ0) is 9.59. The Bertz CT molecular complexity index is 391. The largest absolute Gasteiger partial charge is 0.337 e. The number of halogens is 1. The maximum atomic E-state index is 12.9. The SMILES string of the molecule is [B]c1cc(F)cc2c1CN(C)C2=O. The summed E-state index contributed by atoms with van der Waals surface area (Å²) < 4.78 is 12.9. The molecule has 4 heteroatoms. The molecule has 0 saturated heterocycles. The first-order chi connectivity index (χ1) is 6.09. The molecule has 1 amide bonds. The zero-order valence-electron chi connectivity index (χ0n) is 7.17. The average molecular weight is 175 g/mol. The van der Waals surface area contributed by atoms with Crippen LogP contribution < -0.4 is 5.46 Å². The number of rotatable bonds is 0. The Kier molecular flexibility index (Phi) is 1.65. The third-order valence-corrected chi connectivity index (χ3v) is 2.22. The van der Waals surface area contributed by atoms with E-state index in [1.807, 2.05) is 0 Å². The predicted octanol–water partition coefficient (Wildman–Crippen LogP) is 0.205. The molecule has 2 nitrogen and oxygen atoms in total. The Morgan fingerprint density at radius 3 is 2.92 bits per heavy atom. The minimum absolute atomic E-state index is 0.166. The predicted molar refractivity (Wildman–Crippen MR) is 47.6 cm³/mol. The van der Waals surface area contributed by atoms with E-state index in [4.69, 9.17) is 7.85 Å². The molecule has 1 aromatic rings. The molecule has 1 aliphatic rings. The number of hydrogen-bond acceptors (Lipinski definition) is 1. The van der Waals surface area contributed by atoms with Gasteiger partial charge in [0.15, 0.2) is 0 Å². The molecule has 0 fully saturated rings. The fourth-order valence-corrected chi connectivity index (χ4v) is 1.54. The van der Waals surface area contributed by atoms with Crippen LogP contribution in [0.1, 0.15) is 15.9 Å². The molecule has 1 heterocycles. The summed E-state index contributed by atoms with van der Waals surface area (Å²) >= 11 is 0. The van der Waals surface area contributed by atoms with Gasteiger partial charge in [-0.05, 0) is 17.7 Å². The Morgan fingerprint density at radius 1 is 1.54 bits per heavy atom. The summed E-state index contributed by atoms with van der Waals surface area (Å²) in [5.41, 5.74) is 1.47. The van der Waals surface area contributed by atoms with Crippen molar-refractivity contribution < 1.29 is 9.18 Å². The van der Waals surface area contributed by atoms with Crippen molar-refractivity contribution in [3.63, 3.8) is 0 Å².